The van der Waals surface area contributed by atoms with E-state index < -0.39 is 23.9 Å². The molecule has 4 rings (SSSR count). The topological polar surface area (TPSA) is 137 Å². The van der Waals surface area contributed by atoms with Crippen molar-refractivity contribution in [1.82, 2.24) is 16.1 Å². The summed E-state index contributed by atoms with van der Waals surface area (Å²) in [6.07, 6.45) is 1.50. The van der Waals surface area contributed by atoms with Crippen LogP contribution in [-0.2, 0) is 20.9 Å². The molecular weight excluding hydrogens is 827 g/mol. The molecule has 0 bridgehead atoms. The number of hydrazone groups is 1. The number of methoxy groups -OCH3 is 1. The molecule has 0 radical (unpaired) electrons. The Bertz CT molecular complexity index is 1620. The first-order valence-electron chi connectivity index (χ1n) is 13.5. The van der Waals surface area contributed by atoms with Crippen molar-refractivity contribution in [3.8, 4) is 17.2 Å². The molecule has 3 aromatic carbocycles. The average molecular weight is 856 g/mol. The number of carbonyl (C=O) groups excluding carboxylic acids is 3. The van der Waals surface area contributed by atoms with Crippen LogP contribution >= 0.6 is 54.5 Å². The van der Waals surface area contributed by atoms with Gasteiger partial charge >= 0.3 is 12.0 Å². The minimum Gasteiger partial charge on any atom is -0.493 e. The van der Waals surface area contributed by atoms with Gasteiger partial charge in [-0.3, -0.25) is 4.79 Å². The molecule has 1 aliphatic rings. The highest BCUT2D eigenvalue weighted by Crippen LogP contribution is 2.36. The Morgan fingerprint density at radius 3 is 2.42 bits per heavy atom. The van der Waals surface area contributed by atoms with E-state index in [1.807, 2.05) is 36.4 Å². The molecule has 1 atom stereocenters. The SMILES string of the molecule is CCOC(=O)C1=C(C)NC(=O)N[C@@H]1c1ccc(OCC(=O)N/N=C\c2cc(Br)c(OCc3ccc(I)cc3)c(Br)c2)c(OC)c1. The Morgan fingerprint density at radius 2 is 1.76 bits per heavy atom. The summed E-state index contributed by atoms with van der Waals surface area (Å²) in [5.74, 6) is 0.186. The first-order chi connectivity index (χ1) is 21.6. The van der Waals surface area contributed by atoms with Crippen molar-refractivity contribution in [2.24, 2.45) is 5.10 Å². The third kappa shape index (κ3) is 9.20. The maximum atomic E-state index is 12.6. The monoisotopic (exact) mass is 854 g/mol. The van der Waals surface area contributed by atoms with Gasteiger partial charge in [-0.1, -0.05) is 18.2 Å². The van der Waals surface area contributed by atoms with Crippen LogP contribution in [0.1, 0.15) is 36.6 Å². The van der Waals surface area contributed by atoms with Gasteiger partial charge in [-0.25, -0.2) is 15.0 Å². The molecule has 236 valence electrons. The summed E-state index contributed by atoms with van der Waals surface area (Å²) in [4.78, 5) is 37.2. The van der Waals surface area contributed by atoms with Crippen LogP contribution in [-0.4, -0.2) is 44.4 Å². The van der Waals surface area contributed by atoms with E-state index in [0.29, 0.717) is 34.9 Å². The summed E-state index contributed by atoms with van der Waals surface area (Å²) in [6.45, 7) is 3.58. The van der Waals surface area contributed by atoms with E-state index in [1.54, 1.807) is 32.0 Å². The number of hydrogen-bond acceptors (Lipinski definition) is 8. The van der Waals surface area contributed by atoms with Gasteiger partial charge in [0.2, 0.25) is 0 Å². The number of ether oxygens (including phenoxy) is 4. The van der Waals surface area contributed by atoms with Gasteiger partial charge in [-0.05, 0) is 121 Å². The van der Waals surface area contributed by atoms with Crippen molar-refractivity contribution in [2.45, 2.75) is 26.5 Å². The third-order valence-corrected chi connectivity index (χ3v) is 8.26. The Labute approximate surface area is 290 Å². The van der Waals surface area contributed by atoms with Crippen LogP contribution in [0, 0.1) is 3.57 Å². The highest BCUT2D eigenvalue weighted by atomic mass is 127. The van der Waals surface area contributed by atoms with Gasteiger partial charge in [-0.2, -0.15) is 5.10 Å². The minimum absolute atomic E-state index is 0.184. The predicted octanol–water partition coefficient (Wildman–Crippen LogP) is 6.12. The number of carbonyl (C=O) groups is 3. The number of rotatable bonds is 12. The molecule has 11 nitrogen and oxygen atoms in total. The van der Waals surface area contributed by atoms with E-state index >= 15 is 0 Å². The smallest absolute Gasteiger partial charge is 0.338 e. The number of halogens is 3. The van der Waals surface area contributed by atoms with Crippen molar-refractivity contribution in [3.05, 3.63) is 95.1 Å². The molecule has 45 heavy (non-hydrogen) atoms. The van der Waals surface area contributed by atoms with Gasteiger partial charge < -0.3 is 29.6 Å². The summed E-state index contributed by atoms with van der Waals surface area (Å²) >= 11 is 9.33. The van der Waals surface area contributed by atoms with Gasteiger partial charge in [0.1, 0.15) is 12.4 Å². The molecule has 14 heteroatoms. The number of hydrogen-bond donors (Lipinski definition) is 3. The van der Waals surface area contributed by atoms with Crippen LogP contribution in [0.5, 0.6) is 17.2 Å². The first-order valence-corrected chi connectivity index (χ1v) is 16.2. The average Bonchev–Trinajstić information content (AvgIpc) is 3.00. The number of nitrogens with one attached hydrogen (secondary N) is 3. The van der Waals surface area contributed by atoms with Crippen molar-refractivity contribution in [1.29, 1.82) is 0 Å². The van der Waals surface area contributed by atoms with Gasteiger partial charge in [0.25, 0.3) is 5.91 Å². The maximum absolute atomic E-state index is 12.6. The van der Waals surface area contributed by atoms with Crippen LogP contribution in [0.25, 0.3) is 0 Å². The fourth-order valence-corrected chi connectivity index (χ4v) is 6.10. The summed E-state index contributed by atoms with van der Waals surface area (Å²) in [5.41, 5.74) is 5.42. The summed E-state index contributed by atoms with van der Waals surface area (Å²) < 4.78 is 24.9. The van der Waals surface area contributed by atoms with Crippen molar-refractivity contribution >= 4 is 78.6 Å². The number of amides is 3. The third-order valence-electron chi connectivity index (χ3n) is 6.36. The summed E-state index contributed by atoms with van der Waals surface area (Å²) in [6, 6.07) is 15.4. The number of esters is 1. The number of urea groups is 1. The van der Waals surface area contributed by atoms with E-state index in [0.717, 1.165) is 18.1 Å². The van der Waals surface area contributed by atoms with Gasteiger partial charge in [0.15, 0.2) is 18.1 Å². The van der Waals surface area contributed by atoms with Crippen molar-refractivity contribution < 1.29 is 33.3 Å². The van der Waals surface area contributed by atoms with Gasteiger partial charge in [0, 0.05) is 9.27 Å². The quantitative estimate of drug-likeness (QED) is 0.0865. The fourth-order valence-electron chi connectivity index (χ4n) is 4.29. The number of benzene rings is 3. The van der Waals surface area contributed by atoms with Crippen LogP contribution < -0.4 is 30.3 Å². The molecule has 3 amide bonds. The second-order valence-electron chi connectivity index (χ2n) is 9.51. The zero-order valence-corrected chi connectivity index (χ0v) is 29.7. The summed E-state index contributed by atoms with van der Waals surface area (Å²) in [5, 5.41) is 9.36. The highest BCUT2D eigenvalue weighted by Gasteiger charge is 2.32. The van der Waals surface area contributed by atoms with E-state index in [1.165, 1.54) is 13.3 Å². The van der Waals surface area contributed by atoms with Crippen molar-refractivity contribution in [2.75, 3.05) is 20.3 Å². The van der Waals surface area contributed by atoms with E-state index in [9.17, 15) is 14.4 Å². The first kappa shape index (κ1) is 34.2. The molecule has 3 N–H and O–H groups in total. The predicted molar refractivity (Wildman–Crippen MR) is 183 cm³/mol. The van der Waals surface area contributed by atoms with E-state index in [4.69, 9.17) is 18.9 Å². The second-order valence-corrected chi connectivity index (χ2v) is 12.5. The summed E-state index contributed by atoms with van der Waals surface area (Å²) in [7, 11) is 1.44. The molecule has 0 unspecified atom stereocenters. The van der Waals surface area contributed by atoms with Crippen LogP contribution in [0.15, 0.2) is 79.9 Å². The van der Waals surface area contributed by atoms with Crippen LogP contribution in [0.3, 0.4) is 0 Å². The Morgan fingerprint density at radius 1 is 1.04 bits per heavy atom. The Kier molecular flexibility index (Phi) is 12.2. The van der Waals surface area contributed by atoms with Crippen molar-refractivity contribution in [3.63, 3.8) is 0 Å². The molecule has 0 aromatic heterocycles. The lowest BCUT2D eigenvalue weighted by molar-refractivity contribution is -0.139. The van der Waals surface area contributed by atoms with E-state index in [2.05, 4.69) is 75.6 Å². The van der Waals surface area contributed by atoms with Crippen LogP contribution in [0.2, 0.25) is 0 Å². The molecule has 0 saturated heterocycles. The second kappa shape index (κ2) is 16.1. The van der Waals surface area contributed by atoms with Crippen LogP contribution in [0.4, 0.5) is 4.79 Å². The molecular formula is C31H29Br2IN4O7. The molecule has 3 aromatic rings. The Hall–Kier alpha value is -3.63. The zero-order valence-electron chi connectivity index (χ0n) is 24.4. The highest BCUT2D eigenvalue weighted by molar-refractivity contribution is 14.1. The standard InChI is InChI=1S/C31H29Br2IN4O7/c1-4-43-30(40)27-17(2)36-31(41)37-28(27)20-7-10-24(25(13-20)42-3)44-16-26(39)38-35-14-19-11-22(32)29(23(33)12-19)45-15-18-5-8-21(34)9-6-18/h5-14,28H,4,15-16H2,1-3H3,(H,38,39)(H2,36,37,41)/b35-14-/t28-/m1/s1. The lowest BCUT2D eigenvalue weighted by Gasteiger charge is -2.28. The largest absolute Gasteiger partial charge is 0.493 e. The van der Waals surface area contributed by atoms with E-state index in [-0.39, 0.29) is 24.5 Å². The molecule has 1 aliphatic heterocycles. The molecule has 0 spiro atoms. The minimum atomic E-state index is -0.771. The zero-order chi connectivity index (χ0) is 32.5. The lowest BCUT2D eigenvalue weighted by atomic mass is 9.95. The normalized spacial score (nSPS) is 14.4. The lowest BCUT2D eigenvalue weighted by Crippen LogP contribution is -2.45. The fraction of sp³-hybridized carbons (Fsp3) is 0.226. The molecule has 1 heterocycles. The molecule has 0 aliphatic carbocycles. The van der Waals surface area contributed by atoms with Gasteiger partial charge in [0.05, 0.1) is 40.5 Å². The molecule has 0 fully saturated rings. The van der Waals surface area contributed by atoms with Gasteiger partial charge in [-0.15, -0.1) is 0 Å². The number of nitrogens with zero attached hydrogens (tertiary/aromatic N) is 1. The Balaban J connectivity index is 1.35. The number of allylic oxidation sites excluding steroid dienone is 1. The molecule has 0 saturated carbocycles. The maximum Gasteiger partial charge on any atom is 0.338 e.